The molecule has 3 aromatic heterocycles. The van der Waals surface area contributed by atoms with Crippen molar-refractivity contribution in [1.29, 1.82) is 0 Å². The number of esters is 1. The Balaban J connectivity index is 1.44. The molecule has 0 bridgehead atoms. The van der Waals surface area contributed by atoms with Crippen LogP contribution in [-0.4, -0.2) is 71.3 Å². The summed E-state index contributed by atoms with van der Waals surface area (Å²) >= 11 is 0. The van der Waals surface area contributed by atoms with Gasteiger partial charge in [-0.15, -0.1) is 0 Å². The molecule has 2 fully saturated rings. The lowest BCUT2D eigenvalue weighted by Crippen LogP contribution is -2.44. The number of ether oxygens (including phenoxy) is 3. The van der Waals surface area contributed by atoms with Crippen LogP contribution in [0, 0.1) is 0 Å². The van der Waals surface area contributed by atoms with Crippen molar-refractivity contribution in [2.45, 2.75) is 50.3 Å². The van der Waals surface area contributed by atoms with Crippen molar-refractivity contribution >= 4 is 33.3 Å². The van der Waals surface area contributed by atoms with Crippen molar-refractivity contribution in [2.75, 3.05) is 44.4 Å². The largest absolute Gasteiger partial charge is 0.465 e. The van der Waals surface area contributed by atoms with E-state index >= 15 is 0 Å². The maximum absolute atomic E-state index is 12.7. The second kappa shape index (κ2) is 13.2. The first-order valence-corrected chi connectivity index (χ1v) is 15.8. The lowest BCUT2D eigenvalue weighted by atomic mass is 10.00. The van der Waals surface area contributed by atoms with Crippen molar-refractivity contribution in [1.82, 2.24) is 19.7 Å². The number of hydrogen-bond acceptors (Lipinski definition) is 11. The number of anilines is 1. The summed E-state index contributed by atoms with van der Waals surface area (Å²) in [4.78, 5) is 24.5. The first-order valence-electron chi connectivity index (χ1n) is 14.7. The van der Waals surface area contributed by atoms with Gasteiger partial charge in [0.25, 0.3) is 0 Å². The number of benzene rings is 1. The van der Waals surface area contributed by atoms with Gasteiger partial charge in [-0.1, -0.05) is 29.2 Å². The smallest absolute Gasteiger partial charge is 0.325 e. The molecule has 0 radical (unpaired) electrons. The average molecular weight is 604 g/mol. The van der Waals surface area contributed by atoms with E-state index in [4.69, 9.17) is 24.2 Å². The van der Waals surface area contributed by atoms with Gasteiger partial charge in [0.1, 0.15) is 23.6 Å². The van der Waals surface area contributed by atoms with Gasteiger partial charge >= 0.3 is 5.97 Å². The van der Waals surface area contributed by atoms with E-state index in [-0.39, 0.29) is 25.4 Å². The van der Waals surface area contributed by atoms with Crippen LogP contribution in [0.25, 0.3) is 33.4 Å². The van der Waals surface area contributed by atoms with E-state index < -0.39 is 16.6 Å². The predicted molar refractivity (Wildman–Crippen MR) is 163 cm³/mol. The molecular formula is C31H35N6O5S-. The maximum Gasteiger partial charge on any atom is 0.325 e. The van der Waals surface area contributed by atoms with Crippen LogP contribution in [-0.2, 0) is 33.8 Å². The molecular weight excluding hydrogens is 568 g/mol. The molecule has 4 aromatic rings. The molecule has 11 nitrogen and oxygen atoms in total. The lowest BCUT2D eigenvalue weighted by Gasteiger charge is -2.34. The summed E-state index contributed by atoms with van der Waals surface area (Å²) in [5.41, 5.74) is 4.27. The minimum Gasteiger partial charge on any atom is -0.465 e. The molecule has 2 atom stereocenters. The highest BCUT2D eigenvalue weighted by Gasteiger charge is 2.25. The minimum absolute atomic E-state index is 0.139. The molecule has 0 saturated carbocycles. The number of nitrogens with zero attached hydrogens (tertiary/aromatic N) is 6. The summed E-state index contributed by atoms with van der Waals surface area (Å²) in [7, 11) is -1.68. The van der Waals surface area contributed by atoms with Crippen molar-refractivity contribution in [3.8, 4) is 22.5 Å². The van der Waals surface area contributed by atoms with Crippen LogP contribution in [0.15, 0.2) is 64.1 Å². The highest BCUT2D eigenvalue weighted by molar-refractivity contribution is 7.74. The van der Waals surface area contributed by atoms with Gasteiger partial charge in [0.15, 0.2) is 6.23 Å². The molecule has 1 aromatic carbocycles. The van der Waals surface area contributed by atoms with Crippen molar-refractivity contribution < 1.29 is 23.2 Å². The molecule has 2 aliphatic rings. The Morgan fingerprint density at radius 1 is 1.14 bits per heavy atom. The van der Waals surface area contributed by atoms with Crippen LogP contribution in [0.4, 0.5) is 5.82 Å². The third kappa shape index (κ3) is 6.27. The number of pyridine rings is 2. The number of carbonyl (C=O) groups is 1. The fourth-order valence-corrected chi connectivity index (χ4v) is 6.31. The zero-order valence-corrected chi connectivity index (χ0v) is 25.2. The third-order valence-electron chi connectivity index (χ3n) is 7.70. The van der Waals surface area contributed by atoms with E-state index in [2.05, 4.69) is 27.4 Å². The quantitative estimate of drug-likeness (QED) is 0.199. The van der Waals surface area contributed by atoms with Gasteiger partial charge in [-0.3, -0.25) is 9.78 Å². The molecule has 0 amide bonds. The van der Waals surface area contributed by atoms with Crippen LogP contribution >= 0.6 is 0 Å². The van der Waals surface area contributed by atoms with Gasteiger partial charge in [0, 0.05) is 30.9 Å². The van der Waals surface area contributed by atoms with Crippen LogP contribution < -0.4 is 4.90 Å². The highest BCUT2D eigenvalue weighted by Crippen LogP contribution is 2.37. The number of hydrogen-bond donors (Lipinski definition) is 0. The zero-order valence-electron chi connectivity index (χ0n) is 24.3. The van der Waals surface area contributed by atoms with E-state index in [1.807, 2.05) is 28.9 Å². The van der Waals surface area contributed by atoms with Gasteiger partial charge in [0.2, 0.25) is 0 Å². The molecule has 43 heavy (non-hydrogen) atoms. The van der Waals surface area contributed by atoms with Gasteiger partial charge in [-0.25, -0.2) is 9.67 Å². The average Bonchev–Trinajstić information content (AvgIpc) is 3.54. The van der Waals surface area contributed by atoms with Crippen molar-refractivity contribution in [2.24, 2.45) is 4.36 Å². The molecule has 0 aliphatic carbocycles. The van der Waals surface area contributed by atoms with E-state index in [0.29, 0.717) is 24.7 Å². The minimum atomic E-state index is -1.68. The van der Waals surface area contributed by atoms with Crippen LogP contribution in [0.1, 0.15) is 39.3 Å². The van der Waals surface area contributed by atoms with Crippen molar-refractivity contribution in [3.63, 3.8) is 0 Å². The second-order valence-corrected chi connectivity index (χ2v) is 11.8. The fourth-order valence-electron chi connectivity index (χ4n) is 5.57. The first kappa shape index (κ1) is 29.2. The highest BCUT2D eigenvalue weighted by atomic mass is 32.2. The molecule has 12 heteroatoms. The Morgan fingerprint density at radius 2 is 2.00 bits per heavy atom. The Kier molecular flexibility index (Phi) is 8.96. The van der Waals surface area contributed by atoms with Gasteiger partial charge in [0.05, 0.1) is 31.6 Å². The van der Waals surface area contributed by atoms with Gasteiger partial charge in [-0.2, -0.15) is 15.7 Å². The zero-order chi connectivity index (χ0) is 29.8. The maximum atomic E-state index is 12.7. The van der Waals surface area contributed by atoms with E-state index in [1.54, 1.807) is 31.5 Å². The van der Waals surface area contributed by atoms with Gasteiger partial charge in [-0.05, 0) is 62.4 Å². The third-order valence-corrected chi connectivity index (χ3v) is 8.74. The van der Waals surface area contributed by atoms with Crippen LogP contribution in [0.3, 0.4) is 0 Å². The second-order valence-electron chi connectivity index (χ2n) is 10.5. The number of fused-ring (bicyclic) bond motifs is 1. The summed E-state index contributed by atoms with van der Waals surface area (Å²) in [6.07, 6.45) is 6.49. The number of morpholine rings is 1. The molecule has 2 saturated heterocycles. The van der Waals surface area contributed by atoms with E-state index in [0.717, 1.165) is 65.0 Å². The molecule has 0 spiro atoms. The Morgan fingerprint density at radius 3 is 2.77 bits per heavy atom. The Hall–Kier alpha value is -3.87. The molecule has 0 N–H and O–H groups in total. The fraction of sp³-hybridized carbons (Fsp3) is 0.419. The summed E-state index contributed by atoms with van der Waals surface area (Å²) in [5, 5.41) is 5.56. The summed E-state index contributed by atoms with van der Waals surface area (Å²) < 4.78 is 35.3. The van der Waals surface area contributed by atoms with Crippen molar-refractivity contribution in [3.05, 3.63) is 54.9 Å². The standard InChI is InChI=1S/C31H35N6O5S/c1-3-41-29(38)19-34-43(39)23-9-7-22(8-10-23)25-18-27(36-15-17-40-20-21(36)2)35-30-24(25)11-13-32-31(30)26-12-14-33-37(26)28-6-4-5-16-42-28/h7-14,18,21,28H,3-6,15-17,19-20H2,1-2H3/q-1/t21-,28+/m1/s1. The normalized spacial score (nSPS) is 19.9. The molecule has 5 heterocycles. The van der Waals surface area contributed by atoms with Gasteiger partial charge < -0.3 is 27.7 Å². The Bertz CT molecular complexity index is 1680. The molecule has 6 rings (SSSR count). The topological polar surface area (TPSA) is 121 Å². The summed E-state index contributed by atoms with van der Waals surface area (Å²) in [6.45, 7) is 6.55. The SMILES string of the molecule is CCOC(=O)CN=[S-](=O)c1ccc(-c2cc(N3CCOC[C@H]3C)nc3c(-c4ccnn4[C@@H]4CCCCO4)nccc23)cc1. The Labute approximate surface area is 252 Å². The number of carbonyl (C=O) groups excluding carboxylic acids is 1. The monoisotopic (exact) mass is 603 g/mol. The summed E-state index contributed by atoms with van der Waals surface area (Å²) in [6, 6.07) is 13.6. The number of aromatic nitrogens is 4. The van der Waals surface area contributed by atoms with E-state index in [9.17, 15) is 9.00 Å². The first-order chi connectivity index (χ1) is 21.0. The lowest BCUT2D eigenvalue weighted by molar-refractivity contribution is -0.141. The number of rotatable bonds is 8. The molecule has 2 aliphatic heterocycles. The van der Waals surface area contributed by atoms with E-state index in [1.165, 1.54) is 0 Å². The molecule has 0 unspecified atom stereocenters. The van der Waals surface area contributed by atoms with Crippen LogP contribution in [0.2, 0.25) is 0 Å². The van der Waals surface area contributed by atoms with Crippen LogP contribution in [0.5, 0.6) is 0 Å². The predicted octanol–water partition coefficient (Wildman–Crippen LogP) is 5.15. The summed E-state index contributed by atoms with van der Waals surface area (Å²) in [5.74, 6) is 0.339. The molecule has 226 valence electrons.